The number of benzene rings is 2. The molecule has 2 aromatic heterocycles. The summed E-state index contributed by atoms with van der Waals surface area (Å²) in [5, 5.41) is 9.54. The first-order valence-electron chi connectivity index (χ1n) is 12.6. The molecule has 37 heavy (non-hydrogen) atoms. The van der Waals surface area contributed by atoms with Crippen molar-refractivity contribution in [1.82, 2.24) is 25.0 Å². The number of piperidine rings is 1. The Morgan fingerprint density at radius 1 is 1.14 bits per heavy atom. The van der Waals surface area contributed by atoms with Crippen LogP contribution in [0.2, 0.25) is 0 Å². The highest BCUT2D eigenvalue weighted by Crippen LogP contribution is 2.41. The van der Waals surface area contributed by atoms with Crippen LogP contribution in [0.3, 0.4) is 0 Å². The molecule has 0 bridgehead atoms. The van der Waals surface area contributed by atoms with Crippen molar-refractivity contribution in [3.05, 3.63) is 53.7 Å². The molecular weight excluding hydrogens is 504 g/mol. The normalized spacial score (nSPS) is 19.5. The summed E-state index contributed by atoms with van der Waals surface area (Å²) in [5.41, 5.74) is 0.734. The Bertz CT molecular complexity index is 1460. The van der Waals surface area contributed by atoms with Crippen molar-refractivity contribution in [2.24, 2.45) is 0 Å². The van der Waals surface area contributed by atoms with Crippen molar-refractivity contribution in [3.8, 4) is 22.2 Å². The minimum Gasteiger partial charge on any atom is -0.437 e. The number of fused-ring (bicyclic) bond motifs is 1. The Kier molecular flexibility index (Phi) is 6.66. The molecule has 2 atom stereocenters. The lowest BCUT2D eigenvalue weighted by atomic mass is 10.1. The van der Waals surface area contributed by atoms with Gasteiger partial charge in [-0.15, -0.1) is 11.3 Å². The third-order valence-corrected chi connectivity index (χ3v) is 9.22. The lowest BCUT2D eigenvalue weighted by Crippen LogP contribution is -2.38. The summed E-state index contributed by atoms with van der Waals surface area (Å²) in [4.78, 5) is 15.5. The van der Waals surface area contributed by atoms with Crippen LogP contribution in [0.5, 0.6) is 11.6 Å². The maximum atomic E-state index is 13.1. The van der Waals surface area contributed by atoms with E-state index in [4.69, 9.17) is 9.72 Å². The van der Waals surface area contributed by atoms with Crippen molar-refractivity contribution in [3.63, 3.8) is 0 Å². The van der Waals surface area contributed by atoms with Gasteiger partial charge < -0.3 is 15.4 Å². The lowest BCUT2D eigenvalue weighted by Gasteiger charge is -2.23. The summed E-state index contributed by atoms with van der Waals surface area (Å²) in [6.07, 6.45) is 6.09. The van der Waals surface area contributed by atoms with Crippen molar-refractivity contribution in [2.45, 2.75) is 56.0 Å². The van der Waals surface area contributed by atoms with Crippen molar-refractivity contribution >= 4 is 39.0 Å². The fourth-order valence-electron chi connectivity index (χ4n) is 4.52. The molecule has 10 heteroatoms. The molecule has 2 unspecified atom stereocenters. The van der Waals surface area contributed by atoms with Crippen LogP contribution in [-0.2, 0) is 11.0 Å². The molecule has 0 amide bonds. The molecule has 2 aliphatic rings. The van der Waals surface area contributed by atoms with E-state index in [0.29, 0.717) is 23.6 Å². The number of ether oxygens (including phenoxy) is 1. The number of nitrogens with one attached hydrogen (secondary N) is 3. The fourth-order valence-corrected chi connectivity index (χ4v) is 6.67. The molecule has 2 fully saturated rings. The molecule has 1 aliphatic heterocycles. The molecule has 8 nitrogen and oxygen atoms in total. The van der Waals surface area contributed by atoms with Gasteiger partial charge in [0.1, 0.15) is 21.6 Å². The van der Waals surface area contributed by atoms with Gasteiger partial charge >= 0.3 is 0 Å². The van der Waals surface area contributed by atoms with Crippen LogP contribution >= 0.6 is 11.3 Å². The van der Waals surface area contributed by atoms with Crippen LogP contribution in [0.1, 0.15) is 37.6 Å². The monoisotopic (exact) mass is 534 g/mol. The summed E-state index contributed by atoms with van der Waals surface area (Å²) in [6.45, 7) is 6.03. The minimum atomic E-state index is -1.30. The van der Waals surface area contributed by atoms with Crippen LogP contribution in [0.15, 0.2) is 53.6 Å². The summed E-state index contributed by atoms with van der Waals surface area (Å²) in [7, 11) is -1.30. The van der Waals surface area contributed by atoms with E-state index >= 15 is 0 Å². The van der Waals surface area contributed by atoms with E-state index in [9.17, 15) is 4.21 Å². The molecule has 2 aromatic carbocycles. The number of rotatable bonds is 8. The van der Waals surface area contributed by atoms with Gasteiger partial charge in [0, 0.05) is 35.1 Å². The van der Waals surface area contributed by atoms with Gasteiger partial charge in [0.25, 0.3) is 0 Å². The first-order chi connectivity index (χ1) is 18.0. The molecule has 0 spiro atoms. The van der Waals surface area contributed by atoms with Crippen molar-refractivity contribution in [2.75, 3.05) is 18.4 Å². The maximum Gasteiger partial charge on any atom is 0.240 e. The van der Waals surface area contributed by atoms with Gasteiger partial charge in [-0.25, -0.2) is 23.9 Å². The molecule has 1 aliphatic carbocycles. The third-order valence-electron chi connectivity index (χ3n) is 6.81. The molecule has 0 radical (unpaired) electrons. The zero-order valence-electron chi connectivity index (χ0n) is 20.9. The Hall–Kier alpha value is -2.92. The fraction of sp³-hybridized carbons (Fsp3) is 0.370. The summed E-state index contributed by atoms with van der Waals surface area (Å²) < 4.78 is 22.8. The van der Waals surface area contributed by atoms with Crippen LogP contribution in [-0.4, -0.2) is 43.8 Å². The number of thiazole rings is 1. The summed E-state index contributed by atoms with van der Waals surface area (Å²) in [5.74, 6) is 1.78. The van der Waals surface area contributed by atoms with Crippen LogP contribution in [0.25, 0.3) is 21.3 Å². The Morgan fingerprint density at radius 3 is 2.76 bits per heavy atom. The number of anilines is 1. The number of hydrogen-bond donors (Lipinski definition) is 3. The van der Waals surface area contributed by atoms with Gasteiger partial charge in [0.15, 0.2) is 0 Å². The third kappa shape index (κ3) is 5.38. The first kappa shape index (κ1) is 24.4. The van der Waals surface area contributed by atoms with Gasteiger partial charge in [-0.1, -0.05) is 24.3 Å². The largest absolute Gasteiger partial charge is 0.437 e. The van der Waals surface area contributed by atoms with Crippen LogP contribution in [0.4, 0.5) is 5.95 Å². The summed E-state index contributed by atoms with van der Waals surface area (Å²) in [6, 6.07) is 13.9. The van der Waals surface area contributed by atoms with Gasteiger partial charge in [-0.05, 0) is 64.3 Å². The number of aromatic nitrogens is 3. The van der Waals surface area contributed by atoms with Crippen molar-refractivity contribution in [1.29, 1.82) is 0 Å². The van der Waals surface area contributed by atoms with Gasteiger partial charge in [0.05, 0.1) is 15.6 Å². The lowest BCUT2D eigenvalue weighted by molar-refractivity contribution is 0.472. The van der Waals surface area contributed by atoms with E-state index in [-0.39, 0.29) is 5.54 Å². The first-order valence-corrected chi connectivity index (χ1v) is 14.6. The predicted octanol–water partition coefficient (Wildman–Crippen LogP) is 5.18. The van der Waals surface area contributed by atoms with E-state index in [2.05, 4.69) is 32.2 Å². The maximum absolute atomic E-state index is 13.1. The zero-order valence-corrected chi connectivity index (χ0v) is 22.5. The quantitative estimate of drug-likeness (QED) is 0.286. The van der Waals surface area contributed by atoms with E-state index in [1.807, 2.05) is 49.4 Å². The number of hydrogen-bond acceptors (Lipinski definition) is 8. The molecule has 4 aromatic rings. The van der Waals surface area contributed by atoms with Crippen LogP contribution < -0.4 is 20.1 Å². The number of nitrogens with zero attached hydrogens (tertiary/aromatic N) is 3. The smallest absolute Gasteiger partial charge is 0.240 e. The predicted molar refractivity (Wildman–Crippen MR) is 149 cm³/mol. The SMILES string of the molecule is Cc1nc(Oc2ccc(S(=O)NC3(C)CC3)c3ccccc23)c(-c2ccnc(NC3CCCNC3)n2)s1. The van der Waals surface area contributed by atoms with E-state index < -0.39 is 11.0 Å². The second-order valence-electron chi connectivity index (χ2n) is 9.96. The van der Waals surface area contributed by atoms with Crippen LogP contribution in [0, 0.1) is 6.92 Å². The summed E-state index contributed by atoms with van der Waals surface area (Å²) >= 11 is 1.54. The second kappa shape index (κ2) is 10.1. The minimum absolute atomic E-state index is 0.0348. The highest BCUT2D eigenvalue weighted by atomic mass is 32.2. The van der Waals surface area contributed by atoms with Crippen molar-refractivity contribution < 1.29 is 8.95 Å². The second-order valence-corrected chi connectivity index (χ2v) is 12.3. The molecule has 1 saturated carbocycles. The molecular formula is C27H30N6O2S2. The topological polar surface area (TPSA) is 101 Å². The molecule has 6 rings (SSSR count). The van der Waals surface area contributed by atoms with E-state index in [1.165, 1.54) is 0 Å². The molecule has 1 saturated heterocycles. The van der Waals surface area contributed by atoms with Gasteiger partial charge in [-0.2, -0.15) is 0 Å². The van der Waals surface area contributed by atoms with E-state index in [1.54, 1.807) is 17.5 Å². The Balaban J connectivity index is 1.30. The van der Waals surface area contributed by atoms with Gasteiger partial charge in [0.2, 0.25) is 11.8 Å². The Labute approximate surface area is 222 Å². The Morgan fingerprint density at radius 2 is 1.97 bits per heavy atom. The number of aryl methyl sites for hydroxylation is 1. The highest BCUT2D eigenvalue weighted by molar-refractivity contribution is 7.83. The van der Waals surface area contributed by atoms with Gasteiger partial charge in [-0.3, -0.25) is 0 Å². The molecule has 3 heterocycles. The van der Waals surface area contributed by atoms with E-state index in [0.717, 1.165) is 70.0 Å². The standard InChI is InChI=1S/C27H30N6O2S2/c1-17-30-25(24(36-17)21-11-15-29-26(32-21)31-18-6-5-14-28-16-18)35-22-9-10-23(20-8-4-3-7-19(20)22)37(34)33-27(2)12-13-27/h3-4,7-11,15,18,28,33H,5-6,12-14,16H2,1-2H3,(H,29,31,32). The molecule has 192 valence electrons. The average molecular weight is 535 g/mol. The molecule has 3 N–H and O–H groups in total. The average Bonchev–Trinajstić information content (AvgIpc) is 3.51. The highest BCUT2D eigenvalue weighted by Gasteiger charge is 2.39. The zero-order chi connectivity index (χ0) is 25.4.